The smallest absolute Gasteiger partial charge is 0.253 e. The molecule has 0 spiro atoms. The lowest BCUT2D eigenvalue weighted by Crippen LogP contribution is -2.28. The number of benzene rings is 1. The van der Waals surface area contributed by atoms with E-state index in [1.54, 1.807) is 36.0 Å². The summed E-state index contributed by atoms with van der Waals surface area (Å²) in [6.45, 7) is 3.60. The van der Waals surface area contributed by atoms with Gasteiger partial charge in [0, 0.05) is 30.2 Å². The molecule has 0 fully saturated rings. The predicted octanol–water partition coefficient (Wildman–Crippen LogP) is 4.47. The van der Waals surface area contributed by atoms with Crippen LogP contribution in [-0.4, -0.2) is 20.3 Å². The van der Waals surface area contributed by atoms with E-state index in [4.69, 9.17) is 0 Å². The molecule has 0 aliphatic rings. The Kier molecular flexibility index (Phi) is 4.80. The SMILES string of the molecule is Cc1ccc(-c2cc(C(=O)N[C@H](C)c3ncc(F)cc3F)cn3ccnc23)cc1. The van der Waals surface area contributed by atoms with Crippen molar-refractivity contribution in [2.45, 2.75) is 19.9 Å². The molecule has 29 heavy (non-hydrogen) atoms. The number of pyridine rings is 2. The summed E-state index contributed by atoms with van der Waals surface area (Å²) in [6.07, 6.45) is 6.01. The molecular weight excluding hydrogens is 374 g/mol. The number of nitrogens with zero attached hydrogens (tertiary/aromatic N) is 3. The highest BCUT2D eigenvalue weighted by Gasteiger charge is 2.18. The molecule has 0 saturated carbocycles. The van der Waals surface area contributed by atoms with Gasteiger partial charge in [-0.3, -0.25) is 9.78 Å². The van der Waals surface area contributed by atoms with Crippen molar-refractivity contribution in [3.05, 3.63) is 89.6 Å². The molecule has 0 unspecified atom stereocenters. The van der Waals surface area contributed by atoms with Gasteiger partial charge in [-0.05, 0) is 25.5 Å². The van der Waals surface area contributed by atoms with E-state index >= 15 is 0 Å². The predicted molar refractivity (Wildman–Crippen MR) is 105 cm³/mol. The van der Waals surface area contributed by atoms with Gasteiger partial charge >= 0.3 is 0 Å². The minimum absolute atomic E-state index is 0.0257. The molecule has 1 N–H and O–H groups in total. The minimum Gasteiger partial charge on any atom is -0.344 e. The first-order valence-corrected chi connectivity index (χ1v) is 9.08. The first-order chi connectivity index (χ1) is 13.9. The van der Waals surface area contributed by atoms with Gasteiger partial charge in [-0.25, -0.2) is 13.8 Å². The summed E-state index contributed by atoms with van der Waals surface area (Å²) in [4.78, 5) is 21.0. The van der Waals surface area contributed by atoms with Crippen LogP contribution < -0.4 is 5.32 Å². The summed E-state index contributed by atoms with van der Waals surface area (Å²) in [5.41, 5.74) is 3.96. The fraction of sp³-hybridized carbons (Fsp3) is 0.136. The molecule has 1 aromatic carbocycles. The summed E-state index contributed by atoms with van der Waals surface area (Å²) < 4.78 is 28.8. The van der Waals surface area contributed by atoms with Crippen LogP contribution in [0.1, 0.15) is 34.6 Å². The first-order valence-electron chi connectivity index (χ1n) is 9.08. The van der Waals surface area contributed by atoms with Crippen molar-refractivity contribution in [1.29, 1.82) is 0 Å². The zero-order chi connectivity index (χ0) is 20.5. The third-order valence-electron chi connectivity index (χ3n) is 4.71. The molecule has 7 heteroatoms. The molecular formula is C22H18F2N4O. The molecule has 0 aliphatic heterocycles. The van der Waals surface area contributed by atoms with E-state index in [1.165, 1.54) is 0 Å². The zero-order valence-corrected chi connectivity index (χ0v) is 15.9. The van der Waals surface area contributed by atoms with Gasteiger partial charge < -0.3 is 9.72 Å². The average molecular weight is 392 g/mol. The van der Waals surface area contributed by atoms with Gasteiger partial charge in [-0.1, -0.05) is 29.8 Å². The Balaban J connectivity index is 1.68. The molecule has 1 amide bonds. The number of amides is 1. The molecule has 5 nitrogen and oxygen atoms in total. The number of rotatable bonds is 4. The number of hydrogen-bond acceptors (Lipinski definition) is 3. The number of imidazole rings is 1. The maximum absolute atomic E-state index is 14.0. The maximum Gasteiger partial charge on any atom is 0.253 e. The molecule has 0 aliphatic carbocycles. The molecule has 3 aromatic heterocycles. The van der Waals surface area contributed by atoms with Crippen LogP contribution in [0, 0.1) is 18.6 Å². The third kappa shape index (κ3) is 3.71. The number of nitrogens with one attached hydrogen (secondary N) is 1. The van der Waals surface area contributed by atoms with Crippen molar-refractivity contribution in [2.75, 3.05) is 0 Å². The zero-order valence-electron chi connectivity index (χ0n) is 15.9. The second kappa shape index (κ2) is 7.43. The molecule has 3 heterocycles. The van der Waals surface area contributed by atoms with Crippen LogP contribution in [0.5, 0.6) is 0 Å². The van der Waals surface area contributed by atoms with Crippen LogP contribution in [0.4, 0.5) is 8.78 Å². The van der Waals surface area contributed by atoms with E-state index in [-0.39, 0.29) is 5.69 Å². The van der Waals surface area contributed by atoms with E-state index < -0.39 is 23.6 Å². The van der Waals surface area contributed by atoms with Crippen LogP contribution in [0.3, 0.4) is 0 Å². The van der Waals surface area contributed by atoms with E-state index in [2.05, 4.69) is 15.3 Å². The van der Waals surface area contributed by atoms with Gasteiger partial charge in [0.25, 0.3) is 5.91 Å². The number of aryl methyl sites for hydroxylation is 1. The quantitative estimate of drug-likeness (QED) is 0.557. The van der Waals surface area contributed by atoms with Gasteiger partial charge in [0.1, 0.15) is 17.3 Å². The van der Waals surface area contributed by atoms with Crippen molar-refractivity contribution < 1.29 is 13.6 Å². The lowest BCUT2D eigenvalue weighted by molar-refractivity contribution is 0.0938. The monoisotopic (exact) mass is 392 g/mol. The molecule has 0 saturated heterocycles. The highest BCUT2D eigenvalue weighted by Crippen LogP contribution is 2.26. The first kappa shape index (κ1) is 18.7. The second-order valence-corrected chi connectivity index (χ2v) is 6.88. The van der Waals surface area contributed by atoms with Crippen LogP contribution >= 0.6 is 0 Å². The number of halogens is 2. The minimum atomic E-state index is -0.803. The van der Waals surface area contributed by atoms with Crippen molar-refractivity contribution in [3.8, 4) is 11.1 Å². The highest BCUT2D eigenvalue weighted by molar-refractivity contribution is 5.96. The fourth-order valence-electron chi connectivity index (χ4n) is 3.19. The molecule has 4 rings (SSSR count). The Hall–Kier alpha value is -3.61. The van der Waals surface area contributed by atoms with E-state index in [0.29, 0.717) is 5.56 Å². The van der Waals surface area contributed by atoms with Crippen LogP contribution in [0.15, 0.2) is 61.2 Å². The van der Waals surface area contributed by atoms with Crippen molar-refractivity contribution in [2.24, 2.45) is 0 Å². The molecule has 0 radical (unpaired) electrons. The highest BCUT2D eigenvalue weighted by atomic mass is 19.1. The Morgan fingerprint density at radius 3 is 2.62 bits per heavy atom. The molecule has 1 atom stereocenters. The fourth-order valence-corrected chi connectivity index (χ4v) is 3.19. The van der Waals surface area contributed by atoms with Crippen molar-refractivity contribution >= 4 is 11.6 Å². The van der Waals surface area contributed by atoms with Crippen molar-refractivity contribution in [1.82, 2.24) is 19.7 Å². The van der Waals surface area contributed by atoms with Crippen LogP contribution in [-0.2, 0) is 0 Å². The van der Waals surface area contributed by atoms with Crippen molar-refractivity contribution in [3.63, 3.8) is 0 Å². The topological polar surface area (TPSA) is 59.3 Å². The Morgan fingerprint density at radius 1 is 1.14 bits per heavy atom. The summed E-state index contributed by atoms with van der Waals surface area (Å²) >= 11 is 0. The number of fused-ring (bicyclic) bond motifs is 1. The molecule has 0 bridgehead atoms. The number of hydrogen-bond donors (Lipinski definition) is 1. The summed E-state index contributed by atoms with van der Waals surface area (Å²) in [6, 6.07) is 9.70. The molecule has 146 valence electrons. The Morgan fingerprint density at radius 2 is 1.90 bits per heavy atom. The third-order valence-corrected chi connectivity index (χ3v) is 4.71. The lowest BCUT2D eigenvalue weighted by Gasteiger charge is -2.15. The molecule has 4 aromatic rings. The summed E-state index contributed by atoms with van der Waals surface area (Å²) in [7, 11) is 0. The average Bonchev–Trinajstić information content (AvgIpc) is 3.16. The number of aromatic nitrogens is 3. The van der Waals surface area contributed by atoms with Crippen LogP contribution in [0.2, 0.25) is 0 Å². The maximum atomic E-state index is 14.0. The Labute approximate surface area is 166 Å². The second-order valence-electron chi connectivity index (χ2n) is 6.88. The van der Waals surface area contributed by atoms with Gasteiger partial charge in [-0.2, -0.15) is 0 Å². The van der Waals surface area contributed by atoms with Gasteiger partial charge in [-0.15, -0.1) is 0 Å². The standard InChI is InChI=1S/C22H18F2N4O/c1-13-3-5-15(6-4-13)18-9-16(12-28-8-7-25-21(18)28)22(29)27-14(2)20-19(24)10-17(23)11-26-20/h3-12,14H,1-2H3,(H,27,29)/t14-/m1/s1. The largest absolute Gasteiger partial charge is 0.344 e. The normalized spacial score (nSPS) is 12.1. The Bertz CT molecular complexity index is 1200. The van der Waals surface area contributed by atoms with Gasteiger partial charge in [0.2, 0.25) is 0 Å². The van der Waals surface area contributed by atoms with Crippen LogP contribution in [0.25, 0.3) is 16.8 Å². The summed E-state index contributed by atoms with van der Waals surface area (Å²) in [5.74, 6) is -1.96. The van der Waals surface area contributed by atoms with Gasteiger partial charge in [0.15, 0.2) is 0 Å². The van der Waals surface area contributed by atoms with E-state index in [9.17, 15) is 13.6 Å². The lowest BCUT2D eigenvalue weighted by atomic mass is 10.0. The van der Waals surface area contributed by atoms with E-state index in [1.807, 2.05) is 31.2 Å². The number of carbonyl (C=O) groups excluding carboxylic acids is 1. The summed E-state index contributed by atoms with van der Waals surface area (Å²) in [5, 5.41) is 2.72. The number of carbonyl (C=O) groups is 1. The van der Waals surface area contributed by atoms with E-state index in [0.717, 1.165) is 34.6 Å². The van der Waals surface area contributed by atoms with Gasteiger partial charge in [0.05, 0.1) is 23.5 Å².